The van der Waals surface area contributed by atoms with E-state index in [2.05, 4.69) is 0 Å². The fourth-order valence-corrected chi connectivity index (χ4v) is 4.35. The van der Waals surface area contributed by atoms with Gasteiger partial charge in [0.1, 0.15) is 23.9 Å². The summed E-state index contributed by atoms with van der Waals surface area (Å²) in [5.74, 6) is -1.93. The first kappa shape index (κ1) is 34.4. The Bertz CT molecular complexity index is 957. The van der Waals surface area contributed by atoms with Crippen LogP contribution in [0.15, 0.2) is 47.6 Å². The van der Waals surface area contributed by atoms with Gasteiger partial charge in [0.25, 0.3) is 0 Å². The van der Waals surface area contributed by atoms with Crippen LogP contribution < -0.4 is 0 Å². The highest BCUT2D eigenvalue weighted by Gasteiger charge is 2.35. The van der Waals surface area contributed by atoms with Crippen LogP contribution in [-0.4, -0.2) is 74.3 Å². The Balaban J connectivity index is 3.09. The molecule has 0 fully saturated rings. The Morgan fingerprint density at radius 2 is 1.85 bits per heavy atom. The minimum Gasteiger partial charge on any atom is -0.457 e. The molecular weight excluding hydrogens is 504 g/mol. The van der Waals surface area contributed by atoms with Crippen LogP contribution in [0.4, 0.5) is 0 Å². The van der Waals surface area contributed by atoms with Crippen LogP contribution in [0.3, 0.4) is 0 Å². The van der Waals surface area contributed by atoms with Gasteiger partial charge in [0.15, 0.2) is 5.78 Å². The van der Waals surface area contributed by atoms with Crippen LogP contribution in [0.1, 0.15) is 74.1 Å². The third kappa shape index (κ3) is 12.4. The summed E-state index contributed by atoms with van der Waals surface area (Å²) in [7, 11) is 0. The van der Waals surface area contributed by atoms with Crippen LogP contribution >= 0.6 is 0 Å². The van der Waals surface area contributed by atoms with Crippen molar-refractivity contribution < 1.29 is 44.3 Å². The Labute approximate surface area is 231 Å². The lowest BCUT2D eigenvalue weighted by Gasteiger charge is -2.32. The molecule has 1 aliphatic rings. The number of rotatable bonds is 9. The molecule has 0 aromatic carbocycles. The highest BCUT2D eigenvalue weighted by molar-refractivity contribution is 5.97. The molecular formula is C30H46O9. The monoisotopic (exact) mass is 550 g/mol. The lowest BCUT2D eigenvalue weighted by atomic mass is 9.88. The Morgan fingerprint density at radius 1 is 1.21 bits per heavy atom. The summed E-state index contributed by atoms with van der Waals surface area (Å²) >= 11 is 0. The van der Waals surface area contributed by atoms with Gasteiger partial charge in [-0.25, -0.2) is 0 Å². The predicted octanol–water partition coefficient (Wildman–Crippen LogP) is 3.10. The molecule has 1 heterocycles. The molecule has 0 aliphatic carbocycles. The molecule has 0 bridgehead atoms. The third-order valence-corrected chi connectivity index (χ3v) is 6.69. The summed E-state index contributed by atoms with van der Waals surface area (Å²) in [5, 5.41) is 40.9. The van der Waals surface area contributed by atoms with E-state index < -0.39 is 53.8 Å². The zero-order valence-electron chi connectivity index (χ0n) is 24.2. The molecule has 1 aliphatic heterocycles. The minimum atomic E-state index is -1.44. The Hall–Kier alpha value is -2.59. The van der Waals surface area contributed by atoms with E-state index in [0.717, 1.165) is 5.57 Å². The van der Waals surface area contributed by atoms with Gasteiger partial charge in [-0.05, 0) is 76.2 Å². The number of allylic oxidation sites excluding steroid dienone is 3. The third-order valence-electron chi connectivity index (χ3n) is 6.69. The second-order valence-electron chi connectivity index (χ2n) is 10.9. The van der Waals surface area contributed by atoms with Crippen molar-refractivity contribution in [1.29, 1.82) is 0 Å². The van der Waals surface area contributed by atoms with Gasteiger partial charge in [-0.2, -0.15) is 0 Å². The summed E-state index contributed by atoms with van der Waals surface area (Å²) in [6.45, 7) is 11.3. The number of aliphatic hydroxyl groups is 4. The molecule has 9 heteroatoms. The largest absolute Gasteiger partial charge is 0.457 e. The van der Waals surface area contributed by atoms with E-state index in [1.165, 1.54) is 26.8 Å². The van der Waals surface area contributed by atoms with Gasteiger partial charge in [0.05, 0.1) is 18.6 Å². The van der Waals surface area contributed by atoms with Gasteiger partial charge in [0.2, 0.25) is 0 Å². The second kappa shape index (κ2) is 15.9. The van der Waals surface area contributed by atoms with Crippen molar-refractivity contribution in [2.45, 2.75) is 110 Å². The zero-order chi connectivity index (χ0) is 29.9. The maximum atomic E-state index is 12.6. The Morgan fingerprint density at radius 3 is 2.44 bits per heavy atom. The number of hydrogen-bond acceptors (Lipinski definition) is 9. The molecule has 0 spiro atoms. The van der Waals surface area contributed by atoms with Crippen molar-refractivity contribution in [3.05, 3.63) is 47.6 Å². The molecule has 0 aromatic rings. The van der Waals surface area contributed by atoms with Gasteiger partial charge in [-0.15, -0.1) is 0 Å². The zero-order valence-corrected chi connectivity index (χ0v) is 24.2. The number of aliphatic hydroxyl groups excluding tert-OH is 3. The number of cyclic esters (lactones) is 1. The van der Waals surface area contributed by atoms with Crippen molar-refractivity contribution in [3.8, 4) is 0 Å². The van der Waals surface area contributed by atoms with Gasteiger partial charge < -0.3 is 29.9 Å². The van der Waals surface area contributed by atoms with E-state index in [1.807, 2.05) is 26.8 Å². The molecule has 0 aromatic heterocycles. The average Bonchev–Trinajstić information content (AvgIpc) is 2.81. The number of carbonyl (C=O) groups excluding carboxylic acids is 3. The standard InChI is InChI=1S/C30H46O9/c1-18(15-25(34)16-21(4)28(36)22(5)31)9-8-10-19(2)29-20(3)11-12-26(38-23(6)32)30(7,37)14-13-24(33)17-27(35)39-29/h8-12,16,18,20,22,24-26,29,31,33-34,37H,13-15,17H2,1-7H3. The number of ketones is 1. The number of esters is 2. The average molecular weight is 551 g/mol. The van der Waals surface area contributed by atoms with Gasteiger partial charge in [-0.1, -0.05) is 38.2 Å². The van der Waals surface area contributed by atoms with Crippen molar-refractivity contribution >= 4 is 17.7 Å². The van der Waals surface area contributed by atoms with E-state index >= 15 is 0 Å². The molecule has 8 unspecified atom stereocenters. The fourth-order valence-electron chi connectivity index (χ4n) is 4.35. The maximum absolute atomic E-state index is 12.6. The van der Waals surface area contributed by atoms with Crippen molar-refractivity contribution in [2.24, 2.45) is 11.8 Å². The molecule has 4 N–H and O–H groups in total. The topological polar surface area (TPSA) is 151 Å². The van der Waals surface area contributed by atoms with Gasteiger partial charge >= 0.3 is 11.9 Å². The summed E-state index contributed by atoms with van der Waals surface area (Å²) in [4.78, 5) is 36.0. The smallest absolute Gasteiger partial charge is 0.309 e. The van der Waals surface area contributed by atoms with Crippen molar-refractivity contribution in [2.75, 3.05) is 0 Å². The summed E-state index contributed by atoms with van der Waals surface area (Å²) in [6.07, 6.45) is 5.99. The maximum Gasteiger partial charge on any atom is 0.309 e. The van der Waals surface area contributed by atoms with Crippen LogP contribution in [0.5, 0.6) is 0 Å². The molecule has 9 nitrogen and oxygen atoms in total. The van der Waals surface area contributed by atoms with Crippen LogP contribution in [0, 0.1) is 11.8 Å². The van der Waals surface area contributed by atoms with E-state index in [-0.39, 0.29) is 31.1 Å². The Kier molecular flexibility index (Phi) is 14.0. The first-order chi connectivity index (χ1) is 18.0. The number of Topliss-reactive ketones (excluding diaryl/α,β-unsaturated/α-hetero) is 1. The van der Waals surface area contributed by atoms with Gasteiger partial charge in [-0.3, -0.25) is 14.4 Å². The first-order valence-electron chi connectivity index (χ1n) is 13.4. The SMILES string of the molecule is CC(=O)OC1C=CC(C)C(C(C)=CC=CC(C)CC(O)C=C(C)C(=O)C(C)O)OC(=O)CC(O)CCC1(C)O. The van der Waals surface area contributed by atoms with E-state index in [0.29, 0.717) is 12.0 Å². The summed E-state index contributed by atoms with van der Waals surface area (Å²) in [6, 6.07) is 0. The lowest BCUT2D eigenvalue weighted by molar-refractivity contribution is -0.157. The van der Waals surface area contributed by atoms with E-state index in [4.69, 9.17) is 9.47 Å². The lowest BCUT2D eigenvalue weighted by Crippen LogP contribution is -2.42. The molecule has 0 saturated heterocycles. The molecule has 8 atom stereocenters. The molecule has 0 radical (unpaired) electrons. The molecule has 39 heavy (non-hydrogen) atoms. The van der Waals surface area contributed by atoms with Crippen LogP contribution in [0.25, 0.3) is 0 Å². The minimum absolute atomic E-state index is 0.0483. The number of carbonyl (C=O) groups is 3. The highest BCUT2D eigenvalue weighted by atomic mass is 16.6. The van der Waals surface area contributed by atoms with Crippen LogP contribution in [-0.2, 0) is 23.9 Å². The first-order valence-corrected chi connectivity index (χ1v) is 13.4. The molecule has 0 saturated carbocycles. The normalized spacial score (nSPS) is 30.1. The van der Waals surface area contributed by atoms with Crippen molar-refractivity contribution in [3.63, 3.8) is 0 Å². The molecule has 0 amide bonds. The van der Waals surface area contributed by atoms with Crippen LogP contribution in [0.2, 0.25) is 0 Å². The van der Waals surface area contributed by atoms with E-state index in [9.17, 15) is 34.8 Å². The van der Waals surface area contributed by atoms with E-state index in [1.54, 1.807) is 31.2 Å². The number of ether oxygens (including phenoxy) is 2. The quantitative estimate of drug-likeness (QED) is 0.147. The number of hydrogen-bond donors (Lipinski definition) is 4. The molecule has 220 valence electrons. The predicted molar refractivity (Wildman–Crippen MR) is 147 cm³/mol. The van der Waals surface area contributed by atoms with Crippen molar-refractivity contribution in [1.82, 2.24) is 0 Å². The molecule has 1 rings (SSSR count). The van der Waals surface area contributed by atoms with Gasteiger partial charge in [0, 0.05) is 12.8 Å². The summed E-state index contributed by atoms with van der Waals surface area (Å²) < 4.78 is 11.1. The fraction of sp³-hybridized carbons (Fsp3) is 0.633. The highest BCUT2D eigenvalue weighted by Crippen LogP contribution is 2.27. The summed E-state index contributed by atoms with van der Waals surface area (Å²) in [5.41, 5.74) is -0.406. The second-order valence-corrected chi connectivity index (χ2v) is 10.9.